The molecule has 0 unspecified atom stereocenters. The van der Waals surface area contributed by atoms with Crippen LogP contribution in [0.1, 0.15) is 34.4 Å². The van der Waals surface area contributed by atoms with Crippen molar-refractivity contribution in [3.63, 3.8) is 0 Å². The average molecular weight is 526 g/mol. The molecule has 0 radical (unpaired) electrons. The van der Waals surface area contributed by atoms with E-state index < -0.39 is 20.1 Å². The van der Waals surface area contributed by atoms with Gasteiger partial charge in [-0.1, -0.05) is 47.5 Å². The van der Waals surface area contributed by atoms with Crippen LogP contribution in [0, 0.1) is 13.8 Å². The van der Waals surface area contributed by atoms with Crippen LogP contribution in [0.3, 0.4) is 0 Å². The van der Waals surface area contributed by atoms with Crippen LogP contribution >= 0.6 is 0 Å². The smallest absolute Gasteiger partial charge is 0.296 e. The van der Waals surface area contributed by atoms with Crippen LogP contribution in [-0.2, 0) is 43.8 Å². The summed E-state index contributed by atoms with van der Waals surface area (Å²) in [6.45, 7) is 4.38. The van der Waals surface area contributed by atoms with E-state index in [0.717, 1.165) is 27.6 Å². The Kier molecular flexibility index (Phi) is 6.50. The van der Waals surface area contributed by atoms with Crippen LogP contribution in [0.2, 0.25) is 0 Å². The van der Waals surface area contributed by atoms with E-state index in [2.05, 4.69) is 0 Å². The lowest BCUT2D eigenvalue weighted by Gasteiger charge is -2.15. The molecule has 0 spiro atoms. The summed E-state index contributed by atoms with van der Waals surface area (Å²) in [5, 5.41) is 0.895. The monoisotopic (exact) mass is 525 g/mol. The van der Waals surface area contributed by atoms with Crippen molar-refractivity contribution in [2.75, 3.05) is 6.61 Å². The lowest BCUT2D eigenvalue weighted by Crippen LogP contribution is -2.25. The minimum absolute atomic E-state index is 0.0356. The van der Waals surface area contributed by atoms with Crippen LogP contribution in [0.15, 0.2) is 80.9 Å². The number of sulfonamides is 1. The van der Waals surface area contributed by atoms with Gasteiger partial charge in [-0.2, -0.15) is 12.7 Å². The van der Waals surface area contributed by atoms with Gasteiger partial charge in [0.05, 0.1) is 16.4 Å². The number of aryl methyl sites for hydroxylation is 3. The Morgan fingerprint density at radius 2 is 1.47 bits per heavy atom. The summed E-state index contributed by atoms with van der Waals surface area (Å²) < 4.78 is 63.8. The fraction of sp³-hybridized carbons (Fsp3) is 0.259. The predicted molar refractivity (Wildman–Crippen MR) is 136 cm³/mol. The number of fused-ring (bicyclic) bond motifs is 3. The third-order valence-electron chi connectivity index (χ3n) is 6.39. The zero-order chi connectivity index (χ0) is 25.5. The van der Waals surface area contributed by atoms with Crippen molar-refractivity contribution in [1.82, 2.24) is 4.31 Å². The number of rotatable bonds is 8. The van der Waals surface area contributed by atoms with Gasteiger partial charge in [0.15, 0.2) is 0 Å². The van der Waals surface area contributed by atoms with E-state index >= 15 is 0 Å². The van der Waals surface area contributed by atoms with E-state index in [0.29, 0.717) is 30.7 Å². The topological polar surface area (TPSA) is 93.9 Å². The molecule has 0 fully saturated rings. The number of furan rings is 1. The summed E-state index contributed by atoms with van der Waals surface area (Å²) >= 11 is 0. The van der Waals surface area contributed by atoms with Crippen molar-refractivity contribution < 1.29 is 25.4 Å². The summed E-state index contributed by atoms with van der Waals surface area (Å²) in [6, 6.07) is 19.2. The summed E-state index contributed by atoms with van der Waals surface area (Å²) in [5.41, 5.74) is 4.44. The van der Waals surface area contributed by atoms with Gasteiger partial charge in [-0.05, 0) is 56.2 Å². The van der Waals surface area contributed by atoms with Crippen LogP contribution in [0.25, 0.3) is 11.0 Å². The Hall–Kier alpha value is -2.98. The summed E-state index contributed by atoms with van der Waals surface area (Å²) in [6.07, 6.45) is 0.958. The van der Waals surface area contributed by atoms with Crippen LogP contribution in [-0.4, -0.2) is 27.7 Å². The molecule has 0 amide bonds. The van der Waals surface area contributed by atoms with Gasteiger partial charge < -0.3 is 4.42 Å². The first-order chi connectivity index (χ1) is 17.1. The second-order valence-electron chi connectivity index (χ2n) is 9.11. The molecule has 4 aromatic rings. The predicted octanol–water partition coefficient (Wildman–Crippen LogP) is 5.09. The summed E-state index contributed by atoms with van der Waals surface area (Å²) in [5.74, 6) is 0.703. The standard InChI is InChI=1S/C27H27NO6S2/c1-19-5-11-24(12-6-19)35(29,30)28-17-22-10-9-21-16-23(34-27(21)26(22)18-28)4-3-15-33-36(31,32)25-13-7-20(2)8-14-25/h5-14,16H,3-4,15,17-18H2,1-2H3. The first-order valence-corrected chi connectivity index (χ1v) is 14.5. The minimum atomic E-state index is -3.80. The molecule has 1 aliphatic rings. The Balaban J connectivity index is 1.26. The maximum atomic E-state index is 13.2. The van der Waals surface area contributed by atoms with Crippen LogP contribution < -0.4 is 0 Å². The average Bonchev–Trinajstić information content (AvgIpc) is 3.47. The molecule has 3 aromatic carbocycles. The maximum Gasteiger partial charge on any atom is 0.296 e. The molecule has 0 N–H and O–H groups in total. The van der Waals surface area contributed by atoms with E-state index in [-0.39, 0.29) is 22.9 Å². The molecule has 36 heavy (non-hydrogen) atoms. The number of nitrogens with zero attached hydrogens (tertiary/aromatic N) is 1. The van der Waals surface area contributed by atoms with E-state index in [4.69, 9.17) is 8.60 Å². The zero-order valence-corrected chi connectivity index (χ0v) is 21.7. The molecule has 1 aliphatic heterocycles. The normalized spacial score (nSPS) is 14.4. The third kappa shape index (κ3) is 4.84. The molecular formula is C27H27NO6S2. The van der Waals surface area contributed by atoms with E-state index in [1.54, 1.807) is 36.4 Å². The first kappa shape index (κ1) is 24.7. The van der Waals surface area contributed by atoms with Crippen molar-refractivity contribution in [2.45, 2.75) is 49.6 Å². The Labute approximate surface area is 211 Å². The lowest BCUT2D eigenvalue weighted by atomic mass is 10.1. The fourth-order valence-electron chi connectivity index (χ4n) is 4.34. The molecule has 0 atom stereocenters. The van der Waals surface area contributed by atoms with Gasteiger partial charge in [0.25, 0.3) is 10.1 Å². The van der Waals surface area contributed by atoms with E-state index in [1.807, 2.05) is 32.0 Å². The van der Waals surface area contributed by atoms with Crippen molar-refractivity contribution in [3.8, 4) is 0 Å². The Morgan fingerprint density at radius 1 is 0.833 bits per heavy atom. The maximum absolute atomic E-state index is 13.2. The molecule has 188 valence electrons. The van der Waals surface area contributed by atoms with Gasteiger partial charge in [0, 0.05) is 30.5 Å². The number of hydrogen-bond acceptors (Lipinski definition) is 6. The highest BCUT2D eigenvalue weighted by atomic mass is 32.2. The van der Waals surface area contributed by atoms with E-state index in [1.165, 1.54) is 16.4 Å². The molecule has 0 saturated heterocycles. The molecule has 7 nitrogen and oxygen atoms in total. The molecule has 9 heteroatoms. The van der Waals surface area contributed by atoms with Gasteiger partial charge >= 0.3 is 0 Å². The third-order valence-corrected chi connectivity index (χ3v) is 9.53. The molecule has 1 aromatic heterocycles. The second-order valence-corrected chi connectivity index (χ2v) is 12.7. The highest BCUT2D eigenvalue weighted by Gasteiger charge is 2.32. The van der Waals surface area contributed by atoms with Crippen molar-refractivity contribution in [2.24, 2.45) is 0 Å². The van der Waals surface area contributed by atoms with Crippen LogP contribution in [0.5, 0.6) is 0 Å². The van der Waals surface area contributed by atoms with Crippen molar-refractivity contribution in [3.05, 3.63) is 94.7 Å². The zero-order valence-electron chi connectivity index (χ0n) is 20.1. The van der Waals surface area contributed by atoms with Crippen molar-refractivity contribution >= 4 is 31.1 Å². The molecule has 2 heterocycles. The van der Waals surface area contributed by atoms with Crippen LogP contribution in [0.4, 0.5) is 0 Å². The van der Waals surface area contributed by atoms with Gasteiger partial charge in [-0.15, -0.1) is 0 Å². The Morgan fingerprint density at radius 3 is 2.14 bits per heavy atom. The summed E-state index contributed by atoms with van der Waals surface area (Å²) in [7, 11) is -7.43. The molecule has 0 aliphatic carbocycles. The van der Waals surface area contributed by atoms with Gasteiger partial charge in [-0.3, -0.25) is 4.18 Å². The van der Waals surface area contributed by atoms with E-state index in [9.17, 15) is 16.8 Å². The largest absolute Gasteiger partial charge is 0.461 e. The lowest BCUT2D eigenvalue weighted by molar-refractivity contribution is 0.308. The van der Waals surface area contributed by atoms with Gasteiger partial charge in [-0.25, -0.2) is 8.42 Å². The fourth-order valence-corrected chi connectivity index (χ4v) is 6.67. The van der Waals surface area contributed by atoms with Gasteiger partial charge in [0.1, 0.15) is 11.3 Å². The summed E-state index contributed by atoms with van der Waals surface area (Å²) in [4.78, 5) is 0.412. The highest BCUT2D eigenvalue weighted by Crippen LogP contribution is 2.35. The first-order valence-electron chi connectivity index (χ1n) is 11.7. The minimum Gasteiger partial charge on any atom is -0.461 e. The molecular weight excluding hydrogens is 498 g/mol. The number of benzene rings is 3. The van der Waals surface area contributed by atoms with Gasteiger partial charge in [0.2, 0.25) is 10.0 Å². The van der Waals surface area contributed by atoms with Crippen molar-refractivity contribution in [1.29, 1.82) is 0 Å². The number of hydrogen-bond donors (Lipinski definition) is 0. The Bertz CT molecular complexity index is 1620. The SMILES string of the molecule is Cc1ccc(S(=O)(=O)OCCCc2cc3ccc4c(c3o2)CN(S(=O)(=O)c2ccc(C)cc2)C4)cc1. The molecule has 0 bridgehead atoms. The molecule has 5 rings (SSSR count). The second kappa shape index (κ2) is 9.48. The highest BCUT2D eigenvalue weighted by molar-refractivity contribution is 7.89. The molecule has 0 saturated carbocycles. The quantitative estimate of drug-likeness (QED) is 0.235.